The van der Waals surface area contributed by atoms with Crippen molar-refractivity contribution in [2.75, 3.05) is 19.6 Å². The van der Waals surface area contributed by atoms with E-state index >= 15 is 0 Å². The predicted molar refractivity (Wildman–Crippen MR) is 83.3 cm³/mol. The summed E-state index contributed by atoms with van der Waals surface area (Å²) >= 11 is 0. The first kappa shape index (κ1) is 14.6. The van der Waals surface area contributed by atoms with Gasteiger partial charge < -0.3 is 15.6 Å². The van der Waals surface area contributed by atoms with E-state index in [1.165, 1.54) is 5.56 Å². The fraction of sp³-hybridized carbons (Fsp3) is 0.438. The van der Waals surface area contributed by atoms with E-state index in [0.29, 0.717) is 6.54 Å². The molecule has 1 heterocycles. The van der Waals surface area contributed by atoms with Crippen LogP contribution in [0.4, 0.5) is 0 Å². The maximum atomic E-state index is 12.1. The van der Waals surface area contributed by atoms with E-state index in [1.807, 2.05) is 18.2 Å². The average molecular weight is 273 g/mol. The zero-order chi connectivity index (χ0) is 14.5. The Morgan fingerprint density at radius 3 is 2.75 bits per heavy atom. The van der Waals surface area contributed by atoms with Gasteiger partial charge in [-0.05, 0) is 50.6 Å². The van der Waals surface area contributed by atoms with Crippen molar-refractivity contribution in [3.8, 4) is 0 Å². The smallest absolute Gasteiger partial charge is 0.251 e. The molecule has 2 aromatic rings. The topological polar surface area (TPSA) is 56.9 Å². The highest BCUT2D eigenvalue weighted by Gasteiger charge is 2.09. The summed E-state index contributed by atoms with van der Waals surface area (Å²) in [6, 6.07) is 5.80. The summed E-state index contributed by atoms with van der Waals surface area (Å²) in [5, 5.41) is 7.33. The second kappa shape index (κ2) is 6.57. The third-order valence-electron chi connectivity index (χ3n) is 3.58. The van der Waals surface area contributed by atoms with Gasteiger partial charge in [-0.15, -0.1) is 0 Å². The molecule has 1 amide bonds. The molecule has 0 saturated heterocycles. The number of rotatable bonds is 6. The van der Waals surface area contributed by atoms with Gasteiger partial charge in [0, 0.05) is 35.2 Å². The normalized spacial score (nSPS) is 10.9. The number of hydrogen-bond donors (Lipinski definition) is 3. The number of carbonyl (C=O) groups excluding carboxylic acids is 1. The zero-order valence-corrected chi connectivity index (χ0v) is 12.5. The highest BCUT2D eigenvalue weighted by molar-refractivity contribution is 5.99. The maximum Gasteiger partial charge on any atom is 0.251 e. The summed E-state index contributed by atoms with van der Waals surface area (Å²) in [4.78, 5) is 15.4. The lowest BCUT2D eigenvalue weighted by molar-refractivity contribution is 0.0954. The Morgan fingerprint density at radius 1 is 1.20 bits per heavy atom. The molecule has 0 fully saturated rings. The first-order valence-corrected chi connectivity index (χ1v) is 7.21. The maximum absolute atomic E-state index is 12.1. The predicted octanol–water partition coefficient (Wildman–Crippen LogP) is 2.51. The summed E-state index contributed by atoms with van der Waals surface area (Å²) < 4.78 is 0. The largest absolute Gasteiger partial charge is 0.358 e. The summed E-state index contributed by atoms with van der Waals surface area (Å²) in [6.07, 6.45) is 1.11. The number of aromatic nitrogens is 1. The van der Waals surface area contributed by atoms with Gasteiger partial charge in [0.25, 0.3) is 5.91 Å². The summed E-state index contributed by atoms with van der Waals surface area (Å²) in [5.74, 6) is -0.0107. The Bertz CT molecular complexity index is 601. The molecule has 0 unspecified atom stereocenters. The molecule has 108 valence electrons. The minimum Gasteiger partial charge on any atom is -0.358 e. The number of benzene rings is 1. The molecule has 2 rings (SSSR count). The number of hydrogen-bond acceptors (Lipinski definition) is 2. The number of aryl methyl sites for hydroxylation is 2. The molecule has 0 aliphatic heterocycles. The lowest BCUT2D eigenvalue weighted by Crippen LogP contribution is -2.32. The van der Waals surface area contributed by atoms with Crippen molar-refractivity contribution in [1.82, 2.24) is 15.6 Å². The van der Waals surface area contributed by atoms with Crippen LogP contribution in [0, 0.1) is 13.8 Å². The lowest BCUT2D eigenvalue weighted by Gasteiger charge is -2.06. The monoisotopic (exact) mass is 273 g/mol. The van der Waals surface area contributed by atoms with Gasteiger partial charge in [0.15, 0.2) is 0 Å². The van der Waals surface area contributed by atoms with E-state index in [4.69, 9.17) is 0 Å². The fourth-order valence-electron chi connectivity index (χ4n) is 2.27. The van der Waals surface area contributed by atoms with Crippen LogP contribution in [0.15, 0.2) is 18.2 Å². The second-order valence-corrected chi connectivity index (χ2v) is 5.14. The second-order valence-electron chi connectivity index (χ2n) is 5.14. The quantitative estimate of drug-likeness (QED) is 0.708. The molecule has 4 heteroatoms. The van der Waals surface area contributed by atoms with E-state index in [0.717, 1.165) is 41.7 Å². The number of fused-ring (bicyclic) bond motifs is 1. The molecule has 0 saturated carbocycles. The first-order chi connectivity index (χ1) is 9.63. The molecule has 0 aliphatic carbocycles. The van der Waals surface area contributed by atoms with Crippen molar-refractivity contribution in [1.29, 1.82) is 0 Å². The van der Waals surface area contributed by atoms with Crippen LogP contribution < -0.4 is 10.6 Å². The Balaban J connectivity index is 2.01. The molecule has 0 aliphatic rings. The van der Waals surface area contributed by atoms with Crippen molar-refractivity contribution in [2.45, 2.75) is 27.2 Å². The first-order valence-electron chi connectivity index (χ1n) is 7.21. The Kier molecular flexibility index (Phi) is 4.79. The van der Waals surface area contributed by atoms with Crippen LogP contribution in [-0.4, -0.2) is 30.5 Å². The van der Waals surface area contributed by atoms with Gasteiger partial charge in [0.2, 0.25) is 0 Å². The third-order valence-corrected chi connectivity index (χ3v) is 3.58. The van der Waals surface area contributed by atoms with Gasteiger partial charge in [-0.3, -0.25) is 4.79 Å². The molecular weight excluding hydrogens is 250 g/mol. The Morgan fingerprint density at radius 2 is 2.00 bits per heavy atom. The van der Waals surface area contributed by atoms with Crippen molar-refractivity contribution in [2.24, 2.45) is 0 Å². The van der Waals surface area contributed by atoms with Crippen molar-refractivity contribution in [3.05, 3.63) is 35.0 Å². The number of H-pyrrole nitrogens is 1. The molecule has 3 N–H and O–H groups in total. The molecular formula is C16H23N3O. The lowest BCUT2D eigenvalue weighted by atomic mass is 10.1. The molecule has 0 spiro atoms. The molecule has 1 aromatic heterocycles. The zero-order valence-electron chi connectivity index (χ0n) is 12.5. The van der Waals surface area contributed by atoms with Gasteiger partial charge in [-0.25, -0.2) is 0 Å². The third kappa shape index (κ3) is 3.20. The van der Waals surface area contributed by atoms with E-state index in [2.05, 4.69) is 36.4 Å². The van der Waals surface area contributed by atoms with Gasteiger partial charge in [-0.1, -0.05) is 6.92 Å². The summed E-state index contributed by atoms with van der Waals surface area (Å²) in [6.45, 7) is 8.71. The Labute approximate surface area is 120 Å². The number of nitrogens with one attached hydrogen (secondary N) is 3. The van der Waals surface area contributed by atoms with Crippen LogP contribution in [0.5, 0.6) is 0 Å². The van der Waals surface area contributed by atoms with Crippen molar-refractivity contribution < 1.29 is 4.79 Å². The van der Waals surface area contributed by atoms with Gasteiger partial charge >= 0.3 is 0 Å². The van der Waals surface area contributed by atoms with E-state index in [-0.39, 0.29) is 5.91 Å². The van der Waals surface area contributed by atoms with Crippen LogP contribution in [0.2, 0.25) is 0 Å². The average Bonchev–Trinajstić information content (AvgIpc) is 2.73. The van der Waals surface area contributed by atoms with Crippen LogP contribution in [0.3, 0.4) is 0 Å². The van der Waals surface area contributed by atoms with Gasteiger partial charge in [-0.2, -0.15) is 0 Å². The SMILES string of the molecule is CCCNCCNC(=O)c1ccc2[nH]c(C)c(C)c2c1. The summed E-state index contributed by atoms with van der Waals surface area (Å²) in [7, 11) is 0. The van der Waals surface area contributed by atoms with Crippen LogP contribution >= 0.6 is 0 Å². The molecule has 4 nitrogen and oxygen atoms in total. The molecule has 20 heavy (non-hydrogen) atoms. The minimum absolute atomic E-state index is 0.0107. The molecule has 0 radical (unpaired) electrons. The van der Waals surface area contributed by atoms with Crippen LogP contribution in [0.25, 0.3) is 10.9 Å². The fourth-order valence-corrected chi connectivity index (χ4v) is 2.27. The van der Waals surface area contributed by atoms with E-state index in [1.54, 1.807) is 0 Å². The van der Waals surface area contributed by atoms with Crippen LogP contribution in [0.1, 0.15) is 35.0 Å². The highest BCUT2D eigenvalue weighted by atomic mass is 16.1. The summed E-state index contributed by atoms with van der Waals surface area (Å²) in [5.41, 5.74) is 4.16. The minimum atomic E-state index is -0.0107. The van der Waals surface area contributed by atoms with Gasteiger partial charge in [0.05, 0.1) is 0 Å². The van der Waals surface area contributed by atoms with Crippen LogP contribution in [-0.2, 0) is 0 Å². The number of amides is 1. The van der Waals surface area contributed by atoms with E-state index in [9.17, 15) is 4.79 Å². The van der Waals surface area contributed by atoms with Crippen molar-refractivity contribution in [3.63, 3.8) is 0 Å². The molecule has 0 atom stereocenters. The number of carbonyl (C=O) groups is 1. The standard InChI is InChI=1S/C16H23N3O/c1-4-7-17-8-9-18-16(20)13-5-6-15-14(10-13)11(2)12(3)19-15/h5-6,10,17,19H,4,7-9H2,1-3H3,(H,18,20). The van der Waals surface area contributed by atoms with Gasteiger partial charge in [0.1, 0.15) is 0 Å². The number of aromatic amines is 1. The Hall–Kier alpha value is -1.81. The van der Waals surface area contributed by atoms with Crippen molar-refractivity contribution >= 4 is 16.8 Å². The molecule has 0 bridgehead atoms. The van der Waals surface area contributed by atoms with E-state index < -0.39 is 0 Å². The molecule has 1 aromatic carbocycles. The highest BCUT2D eigenvalue weighted by Crippen LogP contribution is 2.22.